The standard InChI is InChI=1S/C17H22N2O2/c1-3-10-19-11-15-14-7-5-4-6-13(14)8-9-16(15)21-12-17(20)18-2/h4-9,19H,3,10-12H2,1-2H3,(H,18,20). The SMILES string of the molecule is CCCNCc1c(OCC(=O)NC)ccc2ccccc12. The van der Waals surface area contributed by atoms with Crippen LogP contribution in [0.3, 0.4) is 0 Å². The maximum Gasteiger partial charge on any atom is 0.257 e. The Bertz CT molecular complexity index is 611. The Morgan fingerprint density at radius 2 is 2.00 bits per heavy atom. The smallest absolute Gasteiger partial charge is 0.257 e. The Kier molecular flexibility index (Phi) is 5.58. The fourth-order valence-corrected chi connectivity index (χ4v) is 2.24. The molecule has 21 heavy (non-hydrogen) atoms. The zero-order valence-corrected chi connectivity index (χ0v) is 12.6. The first-order valence-electron chi connectivity index (χ1n) is 7.31. The van der Waals surface area contributed by atoms with Crippen LogP contribution in [0.5, 0.6) is 5.75 Å². The molecular weight excluding hydrogens is 264 g/mol. The molecule has 0 unspecified atom stereocenters. The van der Waals surface area contributed by atoms with Crippen LogP contribution in [-0.2, 0) is 11.3 Å². The van der Waals surface area contributed by atoms with Crippen molar-refractivity contribution < 1.29 is 9.53 Å². The summed E-state index contributed by atoms with van der Waals surface area (Å²) < 4.78 is 5.68. The first-order chi connectivity index (χ1) is 10.3. The van der Waals surface area contributed by atoms with Gasteiger partial charge in [0, 0.05) is 19.2 Å². The summed E-state index contributed by atoms with van der Waals surface area (Å²) in [6.45, 7) is 3.87. The van der Waals surface area contributed by atoms with Gasteiger partial charge in [-0.3, -0.25) is 4.79 Å². The van der Waals surface area contributed by atoms with Gasteiger partial charge in [0.15, 0.2) is 6.61 Å². The molecule has 2 aromatic carbocycles. The molecule has 0 heterocycles. The van der Waals surface area contributed by atoms with Gasteiger partial charge in [-0.25, -0.2) is 0 Å². The number of hydrogen-bond acceptors (Lipinski definition) is 3. The molecule has 4 heteroatoms. The van der Waals surface area contributed by atoms with Gasteiger partial charge in [0.05, 0.1) is 0 Å². The Morgan fingerprint density at radius 1 is 1.19 bits per heavy atom. The van der Waals surface area contributed by atoms with Crippen molar-refractivity contribution >= 4 is 16.7 Å². The summed E-state index contributed by atoms with van der Waals surface area (Å²) in [4.78, 5) is 11.4. The molecule has 0 atom stereocenters. The van der Waals surface area contributed by atoms with Crippen molar-refractivity contribution in [2.45, 2.75) is 19.9 Å². The minimum absolute atomic E-state index is 0.0373. The van der Waals surface area contributed by atoms with Gasteiger partial charge in [0.25, 0.3) is 5.91 Å². The predicted molar refractivity (Wildman–Crippen MR) is 85.5 cm³/mol. The molecule has 112 valence electrons. The van der Waals surface area contributed by atoms with Gasteiger partial charge in [-0.1, -0.05) is 37.3 Å². The van der Waals surface area contributed by atoms with Crippen LogP contribution in [-0.4, -0.2) is 26.1 Å². The molecule has 0 aliphatic heterocycles. The molecule has 2 rings (SSSR count). The van der Waals surface area contributed by atoms with Crippen LogP contribution >= 0.6 is 0 Å². The monoisotopic (exact) mass is 286 g/mol. The van der Waals surface area contributed by atoms with E-state index in [2.05, 4.69) is 29.7 Å². The summed E-state index contributed by atoms with van der Waals surface area (Å²) in [6, 6.07) is 12.2. The minimum Gasteiger partial charge on any atom is -0.483 e. The second-order valence-electron chi connectivity index (χ2n) is 4.90. The molecule has 0 saturated heterocycles. The fraction of sp³-hybridized carbons (Fsp3) is 0.353. The Labute approximate surface area is 125 Å². The second kappa shape index (κ2) is 7.64. The van der Waals surface area contributed by atoms with E-state index in [1.807, 2.05) is 24.3 Å². The molecule has 0 fully saturated rings. The van der Waals surface area contributed by atoms with Crippen molar-refractivity contribution in [1.82, 2.24) is 10.6 Å². The average Bonchev–Trinajstić information content (AvgIpc) is 2.53. The lowest BCUT2D eigenvalue weighted by molar-refractivity contribution is -0.122. The number of carbonyl (C=O) groups is 1. The van der Waals surface area contributed by atoms with Crippen molar-refractivity contribution in [3.63, 3.8) is 0 Å². The number of ether oxygens (including phenoxy) is 1. The summed E-state index contributed by atoms with van der Waals surface area (Å²) >= 11 is 0. The second-order valence-corrected chi connectivity index (χ2v) is 4.90. The number of fused-ring (bicyclic) bond motifs is 1. The third-order valence-corrected chi connectivity index (χ3v) is 3.36. The Hall–Kier alpha value is -2.07. The fourth-order valence-electron chi connectivity index (χ4n) is 2.24. The van der Waals surface area contributed by atoms with Crippen LogP contribution in [0, 0.1) is 0 Å². The van der Waals surface area contributed by atoms with Crippen LogP contribution < -0.4 is 15.4 Å². The summed E-state index contributed by atoms with van der Waals surface area (Å²) in [6.07, 6.45) is 1.08. The number of rotatable bonds is 7. The molecule has 1 amide bonds. The molecule has 0 aliphatic rings. The van der Waals surface area contributed by atoms with Crippen LogP contribution in [0.25, 0.3) is 10.8 Å². The first-order valence-corrected chi connectivity index (χ1v) is 7.31. The van der Waals surface area contributed by atoms with E-state index in [0.717, 1.165) is 36.2 Å². The third kappa shape index (κ3) is 3.95. The van der Waals surface area contributed by atoms with Gasteiger partial charge < -0.3 is 15.4 Å². The number of nitrogens with one attached hydrogen (secondary N) is 2. The van der Waals surface area contributed by atoms with Gasteiger partial charge in [0.1, 0.15) is 5.75 Å². The molecule has 0 aromatic heterocycles. The van der Waals surface area contributed by atoms with Gasteiger partial charge in [-0.2, -0.15) is 0 Å². The molecule has 2 N–H and O–H groups in total. The van der Waals surface area contributed by atoms with E-state index < -0.39 is 0 Å². The lowest BCUT2D eigenvalue weighted by atomic mass is 10.0. The van der Waals surface area contributed by atoms with E-state index in [4.69, 9.17) is 4.74 Å². The van der Waals surface area contributed by atoms with Crippen molar-refractivity contribution in [2.24, 2.45) is 0 Å². The Morgan fingerprint density at radius 3 is 2.76 bits per heavy atom. The highest BCUT2D eigenvalue weighted by atomic mass is 16.5. The van der Waals surface area contributed by atoms with E-state index in [1.165, 1.54) is 5.39 Å². The molecule has 4 nitrogen and oxygen atoms in total. The van der Waals surface area contributed by atoms with Crippen molar-refractivity contribution in [3.8, 4) is 5.75 Å². The predicted octanol–water partition coefficient (Wildman–Crippen LogP) is 2.46. The third-order valence-electron chi connectivity index (χ3n) is 3.36. The summed E-state index contributed by atoms with van der Waals surface area (Å²) in [7, 11) is 1.61. The summed E-state index contributed by atoms with van der Waals surface area (Å²) in [5, 5.41) is 8.31. The van der Waals surface area contributed by atoms with E-state index in [0.29, 0.717) is 0 Å². The molecule has 0 bridgehead atoms. The number of carbonyl (C=O) groups excluding carboxylic acids is 1. The van der Waals surface area contributed by atoms with Crippen LogP contribution in [0.1, 0.15) is 18.9 Å². The summed E-state index contributed by atoms with van der Waals surface area (Å²) in [5.74, 6) is 0.636. The van der Waals surface area contributed by atoms with Crippen LogP contribution in [0.15, 0.2) is 36.4 Å². The van der Waals surface area contributed by atoms with E-state index >= 15 is 0 Å². The van der Waals surface area contributed by atoms with Crippen LogP contribution in [0.4, 0.5) is 0 Å². The lowest BCUT2D eigenvalue weighted by Crippen LogP contribution is -2.25. The van der Waals surface area contributed by atoms with Gasteiger partial charge in [-0.15, -0.1) is 0 Å². The van der Waals surface area contributed by atoms with Crippen molar-refractivity contribution in [2.75, 3.05) is 20.2 Å². The van der Waals surface area contributed by atoms with E-state index in [1.54, 1.807) is 7.05 Å². The highest BCUT2D eigenvalue weighted by molar-refractivity contribution is 5.88. The minimum atomic E-state index is -0.129. The topological polar surface area (TPSA) is 50.4 Å². The summed E-state index contributed by atoms with van der Waals surface area (Å²) in [5.41, 5.74) is 1.10. The first kappa shape index (κ1) is 15.3. The molecule has 0 radical (unpaired) electrons. The van der Waals surface area contributed by atoms with Crippen molar-refractivity contribution in [1.29, 1.82) is 0 Å². The van der Waals surface area contributed by atoms with Crippen LogP contribution in [0.2, 0.25) is 0 Å². The maximum absolute atomic E-state index is 11.4. The zero-order valence-electron chi connectivity index (χ0n) is 12.6. The van der Waals surface area contributed by atoms with Gasteiger partial charge in [0.2, 0.25) is 0 Å². The number of benzene rings is 2. The number of hydrogen-bond donors (Lipinski definition) is 2. The Balaban J connectivity index is 2.29. The van der Waals surface area contributed by atoms with Gasteiger partial charge >= 0.3 is 0 Å². The van der Waals surface area contributed by atoms with Gasteiger partial charge in [-0.05, 0) is 29.8 Å². The largest absolute Gasteiger partial charge is 0.483 e. The van der Waals surface area contributed by atoms with E-state index in [9.17, 15) is 4.79 Å². The highest BCUT2D eigenvalue weighted by Gasteiger charge is 2.10. The average molecular weight is 286 g/mol. The number of likely N-dealkylation sites (N-methyl/N-ethyl adjacent to an activating group) is 1. The van der Waals surface area contributed by atoms with E-state index in [-0.39, 0.29) is 12.5 Å². The molecule has 0 saturated carbocycles. The van der Waals surface area contributed by atoms with Crippen molar-refractivity contribution in [3.05, 3.63) is 42.0 Å². The lowest BCUT2D eigenvalue weighted by Gasteiger charge is -2.14. The molecular formula is C17H22N2O2. The molecule has 2 aromatic rings. The normalized spacial score (nSPS) is 10.6. The number of amides is 1. The molecule has 0 aliphatic carbocycles. The molecule has 0 spiro atoms. The maximum atomic E-state index is 11.4. The quantitative estimate of drug-likeness (QED) is 0.769. The zero-order chi connectivity index (χ0) is 15.1. The highest BCUT2D eigenvalue weighted by Crippen LogP contribution is 2.28.